The van der Waals surface area contributed by atoms with E-state index in [0.29, 0.717) is 5.92 Å². The lowest BCUT2D eigenvalue weighted by atomic mass is 9.99. The summed E-state index contributed by atoms with van der Waals surface area (Å²) >= 11 is 0. The van der Waals surface area contributed by atoms with Crippen molar-refractivity contribution < 1.29 is 4.74 Å². The zero-order chi connectivity index (χ0) is 21.5. The van der Waals surface area contributed by atoms with Crippen LogP contribution >= 0.6 is 0 Å². The second kappa shape index (κ2) is 8.06. The molecule has 0 atom stereocenters. The van der Waals surface area contributed by atoms with Crippen LogP contribution in [-0.2, 0) is 11.2 Å². The highest BCUT2D eigenvalue weighted by molar-refractivity contribution is 5.96. The van der Waals surface area contributed by atoms with Gasteiger partial charge in [0.25, 0.3) is 0 Å². The molecule has 0 amide bonds. The molecule has 7 nitrogen and oxygen atoms in total. The Hall–Kier alpha value is -3.19. The van der Waals surface area contributed by atoms with Crippen LogP contribution in [0.25, 0.3) is 27.8 Å². The van der Waals surface area contributed by atoms with Crippen LogP contribution in [0.15, 0.2) is 42.6 Å². The van der Waals surface area contributed by atoms with Gasteiger partial charge in [-0.05, 0) is 49.1 Å². The zero-order valence-corrected chi connectivity index (χ0v) is 18.4. The van der Waals surface area contributed by atoms with E-state index in [1.54, 1.807) is 0 Å². The molecule has 0 saturated carbocycles. The molecular weight excluding hydrogens is 400 g/mol. The largest absolute Gasteiger partial charge is 0.384 e. The molecule has 7 heteroatoms. The fourth-order valence-corrected chi connectivity index (χ4v) is 5.02. The molecule has 2 aliphatic rings. The molecule has 2 aromatic carbocycles. The normalized spacial score (nSPS) is 17.1. The van der Waals surface area contributed by atoms with E-state index in [2.05, 4.69) is 63.9 Å². The van der Waals surface area contributed by atoms with Gasteiger partial charge in [0.2, 0.25) is 0 Å². The van der Waals surface area contributed by atoms with Crippen LogP contribution in [0.1, 0.15) is 24.8 Å². The Kier molecular flexibility index (Phi) is 4.91. The van der Waals surface area contributed by atoms with Crippen molar-refractivity contribution in [3.05, 3.63) is 48.2 Å². The van der Waals surface area contributed by atoms with E-state index in [4.69, 9.17) is 9.84 Å². The lowest BCUT2D eigenvalue weighted by Crippen LogP contribution is -2.25. The van der Waals surface area contributed by atoms with E-state index in [9.17, 15) is 0 Å². The summed E-state index contributed by atoms with van der Waals surface area (Å²) in [6, 6.07) is 12.9. The highest BCUT2D eigenvalue weighted by Crippen LogP contribution is 2.32. The van der Waals surface area contributed by atoms with Crippen molar-refractivity contribution in [1.82, 2.24) is 19.8 Å². The van der Waals surface area contributed by atoms with Crippen molar-refractivity contribution >= 4 is 27.8 Å². The van der Waals surface area contributed by atoms with E-state index in [1.165, 1.54) is 22.0 Å². The summed E-state index contributed by atoms with van der Waals surface area (Å²) in [5.41, 5.74) is 5.47. The molecule has 0 radical (unpaired) electrons. The van der Waals surface area contributed by atoms with E-state index in [1.807, 2.05) is 10.7 Å². The molecule has 1 N–H and O–H groups in total. The van der Waals surface area contributed by atoms with E-state index in [0.717, 1.165) is 74.7 Å². The van der Waals surface area contributed by atoms with Gasteiger partial charge in [0.05, 0.1) is 11.9 Å². The monoisotopic (exact) mass is 428 g/mol. The molecule has 164 valence electrons. The van der Waals surface area contributed by atoms with Crippen molar-refractivity contribution in [3.8, 4) is 11.4 Å². The lowest BCUT2D eigenvalue weighted by molar-refractivity contribution is 0.0699. The molecule has 0 spiro atoms. The third kappa shape index (κ3) is 3.37. The van der Waals surface area contributed by atoms with Gasteiger partial charge < -0.3 is 15.0 Å². The Morgan fingerprint density at radius 3 is 2.94 bits per heavy atom. The number of nitrogens with zero attached hydrogens (tertiary/aromatic N) is 5. The standard InChI is InChI=1S/C25H28N6O/c1-30-11-3-5-20-23(30)16-27-31-24(28-29-25(20)31)19-8-7-18-4-2-6-22(21(18)14-19)26-15-17-9-12-32-13-10-17/h2,4,6-8,14,16-17,26H,3,5,9-13,15H2,1H3. The van der Waals surface area contributed by atoms with Crippen LogP contribution < -0.4 is 10.2 Å². The number of hydrogen-bond donors (Lipinski definition) is 1. The van der Waals surface area contributed by atoms with Gasteiger partial charge in [-0.3, -0.25) is 0 Å². The number of fused-ring (bicyclic) bond motifs is 4. The number of rotatable bonds is 4. The third-order valence-electron chi connectivity index (χ3n) is 6.91. The summed E-state index contributed by atoms with van der Waals surface area (Å²) in [7, 11) is 2.12. The second-order valence-electron chi connectivity index (χ2n) is 8.97. The molecule has 6 rings (SSSR count). The first-order valence-corrected chi connectivity index (χ1v) is 11.6. The molecule has 1 fully saturated rings. The molecule has 4 heterocycles. The van der Waals surface area contributed by atoms with Crippen LogP contribution in [0, 0.1) is 5.92 Å². The zero-order valence-electron chi connectivity index (χ0n) is 18.4. The summed E-state index contributed by atoms with van der Waals surface area (Å²) in [4.78, 5) is 2.26. The van der Waals surface area contributed by atoms with Gasteiger partial charge in [-0.25, -0.2) is 0 Å². The Morgan fingerprint density at radius 1 is 1.12 bits per heavy atom. The second-order valence-corrected chi connectivity index (χ2v) is 8.97. The Balaban J connectivity index is 1.37. The predicted molar refractivity (Wildman–Crippen MR) is 127 cm³/mol. The number of hydrogen-bond acceptors (Lipinski definition) is 6. The highest BCUT2D eigenvalue weighted by atomic mass is 16.5. The molecule has 4 aromatic rings. The number of aryl methyl sites for hydroxylation is 1. The lowest BCUT2D eigenvalue weighted by Gasteiger charge is -2.26. The fraction of sp³-hybridized carbons (Fsp3) is 0.400. The van der Waals surface area contributed by atoms with Crippen molar-refractivity contribution in [1.29, 1.82) is 0 Å². The van der Waals surface area contributed by atoms with Gasteiger partial charge in [-0.1, -0.05) is 24.3 Å². The molecule has 2 aliphatic heterocycles. The van der Waals surface area contributed by atoms with Gasteiger partial charge in [-0.2, -0.15) is 9.61 Å². The number of nitrogens with one attached hydrogen (secondary N) is 1. The third-order valence-corrected chi connectivity index (χ3v) is 6.91. The Morgan fingerprint density at radius 2 is 2.03 bits per heavy atom. The van der Waals surface area contributed by atoms with Gasteiger partial charge in [0.15, 0.2) is 11.5 Å². The Labute approximate surface area is 187 Å². The maximum atomic E-state index is 5.50. The maximum absolute atomic E-state index is 5.50. The minimum absolute atomic E-state index is 0.663. The first-order valence-electron chi connectivity index (χ1n) is 11.6. The van der Waals surface area contributed by atoms with Crippen molar-refractivity contribution in [3.63, 3.8) is 0 Å². The van der Waals surface area contributed by atoms with Crippen LogP contribution in [0.4, 0.5) is 11.4 Å². The summed E-state index contributed by atoms with van der Waals surface area (Å²) in [5.74, 6) is 1.45. The average Bonchev–Trinajstić information content (AvgIpc) is 3.28. The summed E-state index contributed by atoms with van der Waals surface area (Å²) in [5, 5.41) is 19.9. The minimum atomic E-state index is 0.663. The summed E-state index contributed by atoms with van der Waals surface area (Å²) in [6.07, 6.45) is 6.35. The number of benzene rings is 2. The van der Waals surface area contributed by atoms with Crippen LogP contribution in [0.5, 0.6) is 0 Å². The molecule has 0 unspecified atom stereocenters. The molecular formula is C25H28N6O. The fourth-order valence-electron chi connectivity index (χ4n) is 5.02. The first kappa shape index (κ1) is 19.5. The van der Waals surface area contributed by atoms with Gasteiger partial charge >= 0.3 is 0 Å². The smallest absolute Gasteiger partial charge is 0.185 e. The highest BCUT2D eigenvalue weighted by Gasteiger charge is 2.21. The molecule has 2 aromatic heterocycles. The number of anilines is 2. The minimum Gasteiger partial charge on any atom is -0.384 e. The quantitative estimate of drug-likeness (QED) is 0.526. The SMILES string of the molecule is CN1CCCc2c1cnn1c(-c3ccc4cccc(NCC5CCOCC5)c4c3)nnc21. The van der Waals surface area contributed by atoms with E-state index >= 15 is 0 Å². The van der Waals surface area contributed by atoms with Gasteiger partial charge in [0.1, 0.15) is 0 Å². The summed E-state index contributed by atoms with van der Waals surface area (Å²) in [6.45, 7) is 3.78. The predicted octanol–water partition coefficient (Wildman–Crippen LogP) is 4.17. The van der Waals surface area contributed by atoms with Gasteiger partial charge in [0, 0.05) is 55.6 Å². The molecule has 1 saturated heterocycles. The summed E-state index contributed by atoms with van der Waals surface area (Å²) < 4.78 is 7.40. The van der Waals surface area contributed by atoms with Crippen LogP contribution in [0.3, 0.4) is 0 Å². The van der Waals surface area contributed by atoms with Crippen LogP contribution in [0.2, 0.25) is 0 Å². The number of aromatic nitrogens is 4. The number of ether oxygens (including phenoxy) is 1. The van der Waals surface area contributed by atoms with E-state index < -0.39 is 0 Å². The van der Waals surface area contributed by atoms with Crippen molar-refractivity contribution in [2.24, 2.45) is 5.92 Å². The maximum Gasteiger partial charge on any atom is 0.185 e. The van der Waals surface area contributed by atoms with Crippen molar-refractivity contribution in [2.75, 3.05) is 43.6 Å². The van der Waals surface area contributed by atoms with E-state index in [-0.39, 0.29) is 0 Å². The molecule has 0 aliphatic carbocycles. The topological polar surface area (TPSA) is 67.6 Å². The Bertz CT molecular complexity index is 1280. The average molecular weight is 429 g/mol. The van der Waals surface area contributed by atoms with Crippen molar-refractivity contribution in [2.45, 2.75) is 25.7 Å². The molecule has 32 heavy (non-hydrogen) atoms. The first-order chi connectivity index (χ1) is 15.8. The molecule has 0 bridgehead atoms. The van der Waals surface area contributed by atoms with Crippen LogP contribution in [-0.4, -0.2) is 53.2 Å². The van der Waals surface area contributed by atoms with Gasteiger partial charge in [-0.15, -0.1) is 10.2 Å².